The lowest BCUT2D eigenvalue weighted by Gasteiger charge is -2.45. The summed E-state index contributed by atoms with van der Waals surface area (Å²) in [5.74, 6) is 1.31. The number of ether oxygens (including phenoxy) is 1. The summed E-state index contributed by atoms with van der Waals surface area (Å²) < 4.78 is 5.67. The number of hydrogen-bond acceptors (Lipinski definition) is 7. The molecule has 1 fully saturated rings. The lowest BCUT2D eigenvalue weighted by molar-refractivity contribution is 0.0739. The molecule has 0 bridgehead atoms. The van der Waals surface area contributed by atoms with E-state index >= 15 is 0 Å². The Kier molecular flexibility index (Phi) is 7.84. The number of carbonyl (C=O) groups is 2. The molecule has 1 unspecified atom stereocenters. The molecule has 2 aromatic rings. The molecule has 200 valence electrons. The van der Waals surface area contributed by atoms with Crippen molar-refractivity contribution in [1.82, 2.24) is 20.2 Å². The first-order chi connectivity index (χ1) is 17.6. The number of nitrogens with zero attached hydrogens (tertiary/aromatic N) is 4. The van der Waals surface area contributed by atoms with E-state index < -0.39 is 18.2 Å². The number of rotatable bonds is 5. The maximum absolute atomic E-state index is 12.2. The van der Waals surface area contributed by atoms with Gasteiger partial charge < -0.3 is 35.4 Å². The van der Waals surface area contributed by atoms with Gasteiger partial charge in [0.15, 0.2) is 5.82 Å². The molecule has 0 spiro atoms. The van der Waals surface area contributed by atoms with Crippen molar-refractivity contribution in [3.63, 3.8) is 0 Å². The molecule has 3 heterocycles. The van der Waals surface area contributed by atoms with Gasteiger partial charge in [0.1, 0.15) is 5.82 Å². The quantitative estimate of drug-likeness (QED) is 0.479. The smallest absolute Gasteiger partial charge is 0.407 e. The number of anilines is 2. The number of aliphatic hydroxyl groups is 1. The fourth-order valence-electron chi connectivity index (χ4n) is 5.03. The van der Waals surface area contributed by atoms with Gasteiger partial charge >= 0.3 is 12.1 Å². The van der Waals surface area contributed by atoms with Crippen molar-refractivity contribution in [3.05, 3.63) is 35.5 Å². The van der Waals surface area contributed by atoms with Crippen molar-refractivity contribution < 1.29 is 24.5 Å². The number of fused-ring (bicyclic) bond motifs is 1. The van der Waals surface area contributed by atoms with Crippen molar-refractivity contribution in [2.75, 3.05) is 49.7 Å². The van der Waals surface area contributed by atoms with Crippen LogP contribution in [0.15, 0.2) is 24.3 Å². The summed E-state index contributed by atoms with van der Waals surface area (Å²) in [6.07, 6.45) is -0.443. The highest BCUT2D eigenvalue weighted by Crippen LogP contribution is 2.46. The lowest BCUT2D eigenvalue weighted by Crippen LogP contribution is -2.49. The van der Waals surface area contributed by atoms with Crippen LogP contribution in [0.3, 0.4) is 0 Å². The van der Waals surface area contributed by atoms with E-state index in [1.807, 2.05) is 32.9 Å². The number of amides is 3. The zero-order valence-corrected chi connectivity index (χ0v) is 21.8. The molecule has 0 saturated carbocycles. The van der Waals surface area contributed by atoms with E-state index in [1.165, 1.54) is 4.90 Å². The third kappa shape index (κ3) is 5.78. The third-order valence-electron chi connectivity index (χ3n) is 6.68. The molecule has 1 aromatic heterocycles. The van der Waals surface area contributed by atoms with Gasteiger partial charge in [0.2, 0.25) is 0 Å². The summed E-state index contributed by atoms with van der Waals surface area (Å²) in [7, 11) is 0. The average molecular weight is 513 g/mol. The normalized spacial score (nSPS) is 19.8. The molecule has 0 aliphatic carbocycles. The number of nitrogens with one attached hydrogen (secondary N) is 2. The van der Waals surface area contributed by atoms with Crippen LogP contribution in [-0.4, -0.2) is 82.7 Å². The van der Waals surface area contributed by atoms with Gasteiger partial charge in [-0.2, -0.15) is 0 Å². The summed E-state index contributed by atoms with van der Waals surface area (Å²) in [6.45, 7) is 10.4. The second kappa shape index (κ2) is 10.9. The molecule has 11 nitrogen and oxygen atoms in total. The van der Waals surface area contributed by atoms with Crippen LogP contribution in [0.1, 0.15) is 45.0 Å². The van der Waals surface area contributed by atoms with Gasteiger partial charge in [-0.1, -0.05) is 20.8 Å². The molecule has 37 heavy (non-hydrogen) atoms. The Bertz CT molecular complexity index is 1130. The number of hydrogen-bond donors (Lipinski definition) is 4. The summed E-state index contributed by atoms with van der Waals surface area (Å²) in [6, 6.07) is 6.54. The standard InChI is InChI=1S/C26H36N6O5/c1-16-15-37-14-12-31(16)23-20-19(9-11-32(25(35)36)21(20)26(2,3)4)29-22(30-23)17-5-7-18(8-6-17)28-24(34)27-10-13-33/h5-8,16,21,33H,9-15H2,1-4H3,(H,35,36)(H2,27,28,34)/t16-,21?/m0/s1. The number of benzene rings is 1. The number of aromatic nitrogens is 2. The maximum Gasteiger partial charge on any atom is 0.407 e. The van der Waals surface area contributed by atoms with E-state index in [0.29, 0.717) is 44.2 Å². The van der Waals surface area contributed by atoms with Crippen LogP contribution in [0.4, 0.5) is 21.1 Å². The van der Waals surface area contributed by atoms with Crippen molar-refractivity contribution in [1.29, 1.82) is 0 Å². The molecule has 4 N–H and O–H groups in total. The fourth-order valence-corrected chi connectivity index (χ4v) is 5.03. The molecule has 0 radical (unpaired) electrons. The summed E-state index contributed by atoms with van der Waals surface area (Å²) in [5.41, 5.74) is 2.76. The van der Waals surface area contributed by atoms with Crippen LogP contribution in [0, 0.1) is 5.41 Å². The van der Waals surface area contributed by atoms with Gasteiger partial charge in [-0.15, -0.1) is 0 Å². The average Bonchev–Trinajstić information content (AvgIpc) is 2.86. The van der Waals surface area contributed by atoms with Crippen molar-refractivity contribution in [2.45, 2.75) is 46.2 Å². The Morgan fingerprint density at radius 1 is 1.16 bits per heavy atom. The van der Waals surface area contributed by atoms with E-state index in [9.17, 15) is 14.7 Å². The van der Waals surface area contributed by atoms with Gasteiger partial charge in [0, 0.05) is 42.9 Å². The molecule has 2 aliphatic heterocycles. The highest BCUT2D eigenvalue weighted by Gasteiger charge is 2.43. The Morgan fingerprint density at radius 2 is 1.89 bits per heavy atom. The highest BCUT2D eigenvalue weighted by molar-refractivity contribution is 5.89. The number of morpholine rings is 1. The van der Waals surface area contributed by atoms with Crippen LogP contribution in [-0.2, 0) is 11.2 Å². The molecule has 2 aliphatic rings. The van der Waals surface area contributed by atoms with Gasteiger partial charge in [-0.05, 0) is 36.6 Å². The molecule has 11 heteroatoms. The van der Waals surface area contributed by atoms with Gasteiger partial charge in [0.05, 0.1) is 37.6 Å². The third-order valence-corrected chi connectivity index (χ3v) is 6.68. The van der Waals surface area contributed by atoms with E-state index in [2.05, 4.69) is 22.5 Å². The minimum Gasteiger partial charge on any atom is -0.465 e. The Hall–Kier alpha value is -3.44. The second-order valence-corrected chi connectivity index (χ2v) is 10.5. The predicted octanol–water partition coefficient (Wildman–Crippen LogP) is 3.11. The predicted molar refractivity (Wildman–Crippen MR) is 140 cm³/mol. The molecular formula is C26H36N6O5. The zero-order valence-electron chi connectivity index (χ0n) is 21.8. The maximum atomic E-state index is 12.2. The van der Waals surface area contributed by atoms with Crippen LogP contribution in [0.5, 0.6) is 0 Å². The minimum absolute atomic E-state index is 0.0745. The second-order valence-electron chi connectivity index (χ2n) is 10.5. The van der Waals surface area contributed by atoms with Crippen LogP contribution in [0.25, 0.3) is 11.4 Å². The summed E-state index contributed by atoms with van der Waals surface area (Å²) in [5, 5.41) is 24.2. The molecular weight excluding hydrogens is 476 g/mol. The Morgan fingerprint density at radius 3 is 2.51 bits per heavy atom. The SMILES string of the molecule is C[C@H]1COCCN1c1nc(-c2ccc(NC(=O)NCCO)cc2)nc2c1C(C(C)(C)C)N(C(=O)O)CC2. The first-order valence-corrected chi connectivity index (χ1v) is 12.6. The number of aliphatic hydroxyl groups excluding tert-OH is 1. The van der Waals surface area contributed by atoms with Crippen LogP contribution < -0.4 is 15.5 Å². The van der Waals surface area contributed by atoms with E-state index in [-0.39, 0.29) is 24.6 Å². The zero-order chi connectivity index (χ0) is 26.7. The first kappa shape index (κ1) is 26.6. The van der Waals surface area contributed by atoms with E-state index in [4.69, 9.17) is 19.8 Å². The summed E-state index contributed by atoms with van der Waals surface area (Å²) >= 11 is 0. The summed E-state index contributed by atoms with van der Waals surface area (Å²) in [4.78, 5) is 37.8. The van der Waals surface area contributed by atoms with Gasteiger partial charge in [-0.3, -0.25) is 0 Å². The molecule has 3 amide bonds. The highest BCUT2D eigenvalue weighted by atomic mass is 16.5. The van der Waals surface area contributed by atoms with E-state index in [0.717, 1.165) is 22.6 Å². The Balaban J connectivity index is 1.77. The fraction of sp³-hybridized carbons (Fsp3) is 0.538. The van der Waals surface area contributed by atoms with Crippen LogP contribution >= 0.6 is 0 Å². The van der Waals surface area contributed by atoms with Crippen molar-refractivity contribution in [3.8, 4) is 11.4 Å². The molecule has 2 atom stereocenters. The first-order valence-electron chi connectivity index (χ1n) is 12.6. The minimum atomic E-state index is -0.943. The Labute approximate surface area is 216 Å². The molecule has 1 aromatic carbocycles. The van der Waals surface area contributed by atoms with Gasteiger partial charge in [-0.25, -0.2) is 19.6 Å². The largest absolute Gasteiger partial charge is 0.465 e. The molecule has 4 rings (SSSR count). The monoisotopic (exact) mass is 512 g/mol. The topological polar surface area (TPSA) is 140 Å². The number of carboxylic acid groups (broad SMARTS) is 1. The van der Waals surface area contributed by atoms with E-state index in [1.54, 1.807) is 12.1 Å². The number of carbonyl (C=O) groups excluding carboxylic acids is 1. The van der Waals surface area contributed by atoms with Gasteiger partial charge in [0.25, 0.3) is 0 Å². The van der Waals surface area contributed by atoms with Crippen LogP contribution in [0.2, 0.25) is 0 Å². The van der Waals surface area contributed by atoms with Crippen molar-refractivity contribution in [2.24, 2.45) is 5.41 Å². The van der Waals surface area contributed by atoms with Crippen molar-refractivity contribution >= 4 is 23.6 Å². The lowest BCUT2D eigenvalue weighted by atomic mass is 9.78. The molecule has 1 saturated heterocycles. The number of urea groups is 1.